The smallest absolute Gasteiger partial charge is 0.159 e. The number of ketones is 1. The maximum absolute atomic E-state index is 13.9. The zero-order valence-electron chi connectivity index (χ0n) is 13.1. The number of carbonyl (C=O) groups is 1. The number of ether oxygens (including phenoxy) is 1. The summed E-state index contributed by atoms with van der Waals surface area (Å²) in [6.45, 7) is 0. The van der Waals surface area contributed by atoms with Crippen molar-refractivity contribution in [3.8, 4) is 5.75 Å². The summed E-state index contributed by atoms with van der Waals surface area (Å²) in [6.07, 6.45) is 4.02. The van der Waals surface area contributed by atoms with E-state index < -0.39 is 0 Å². The molecule has 2 aromatic rings. The van der Waals surface area contributed by atoms with Crippen molar-refractivity contribution in [3.05, 3.63) is 71.0 Å². The quantitative estimate of drug-likeness (QED) is 0.764. The number of carbonyl (C=O) groups excluding carboxylic acids is 1. The van der Waals surface area contributed by atoms with Crippen LogP contribution in [0.3, 0.4) is 0 Å². The van der Waals surface area contributed by atoms with E-state index in [-0.39, 0.29) is 17.5 Å². The molecule has 118 valence electrons. The second-order valence-electron chi connectivity index (χ2n) is 5.76. The molecule has 0 radical (unpaired) electrons. The van der Waals surface area contributed by atoms with Gasteiger partial charge in [-0.15, -0.1) is 0 Å². The highest BCUT2D eigenvalue weighted by Crippen LogP contribution is 2.37. The van der Waals surface area contributed by atoms with Crippen LogP contribution in [0.2, 0.25) is 0 Å². The molecule has 0 heterocycles. The number of rotatable bonds is 3. The van der Waals surface area contributed by atoms with Gasteiger partial charge in [-0.1, -0.05) is 30.3 Å². The number of methoxy groups -OCH3 is 1. The predicted octanol–water partition coefficient (Wildman–Crippen LogP) is 4.75. The summed E-state index contributed by atoms with van der Waals surface area (Å²) in [5.74, 6) is 0.615. The van der Waals surface area contributed by atoms with E-state index in [9.17, 15) is 9.18 Å². The summed E-state index contributed by atoms with van der Waals surface area (Å²) >= 11 is 0. The van der Waals surface area contributed by atoms with Crippen LogP contribution in [0.15, 0.2) is 54.1 Å². The fourth-order valence-corrected chi connectivity index (χ4v) is 3.08. The molecular weight excluding hydrogens is 291 g/mol. The highest BCUT2D eigenvalue weighted by atomic mass is 19.1. The van der Waals surface area contributed by atoms with Gasteiger partial charge in [-0.25, -0.2) is 4.39 Å². The van der Waals surface area contributed by atoms with E-state index in [0.717, 1.165) is 24.2 Å². The first kappa shape index (κ1) is 15.5. The average molecular weight is 310 g/mol. The van der Waals surface area contributed by atoms with Crippen LogP contribution in [-0.2, 0) is 4.79 Å². The molecule has 1 unspecified atom stereocenters. The summed E-state index contributed by atoms with van der Waals surface area (Å²) in [5.41, 5.74) is 2.24. The lowest BCUT2D eigenvalue weighted by molar-refractivity contribution is -0.116. The van der Waals surface area contributed by atoms with Crippen LogP contribution >= 0.6 is 0 Å². The van der Waals surface area contributed by atoms with Crippen molar-refractivity contribution in [2.45, 2.75) is 25.2 Å². The molecule has 0 N–H and O–H groups in total. The number of hydrogen-bond donors (Lipinski definition) is 0. The molecule has 1 aliphatic carbocycles. The van der Waals surface area contributed by atoms with Gasteiger partial charge in [0.15, 0.2) is 5.78 Å². The standard InChI is InChI=1S/C20H19FO2/c1-23-16-11-9-14(10-12-16)17-6-4-8-20(22)18(17)13-15-5-2-3-7-19(15)21/h2-3,5,7,9-13,17H,4,6,8H2,1H3/b18-13+. The van der Waals surface area contributed by atoms with Crippen molar-refractivity contribution >= 4 is 11.9 Å². The second-order valence-corrected chi connectivity index (χ2v) is 5.76. The molecule has 0 aromatic heterocycles. The third kappa shape index (κ3) is 3.34. The van der Waals surface area contributed by atoms with Crippen molar-refractivity contribution in [1.82, 2.24) is 0 Å². The van der Waals surface area contributed by atoms with E-state index in [2.05, 4.69) is 0 Å². The van der Waals surface area contributed by atoms with Gasteiger partial charge in [-0.05, 0) is 42.7 Å². The van der Waals surface area contributed by atoms with Crippen molar-refractivity contribution in [2.24, 2.45) is 0 Å². The lowest BCUT2D eigenvalue weighted by Crippen LogP contribution is -2.17. The summed E-state index contributed by atoms with van der Waals surface area (Å²) in [7, 11) is 1.63. The van der Waals surface area contributed by atoms with Gasteiger partial charge in [0, 0.05) is 23.5 Å². The van der Waals surface area contributed by atoms with Gasteiger partial charge >= 0.3 is 0 Å². The highest BCUT2D eigenvalue weighted by Gasteiger charge is 2.27. The van der Waals surface area contributed by atoms with Crippen LogP contribution in [0.5, 0.6) is 5.75 Å². The predicted molar refractivity (Wildman–Crippen MR) is 89.0 cm³/mol. The monoisotopic (exact) mass is 310 g/mol. The Kier molecular flexibility index (Phi) is 4.56. The highest BCUT2D eigenvalue weighted by molar-refractivity contribution is 6.01. The largest absolute Gasteiger partial charge is 0.497 e. The minimum absolute atomic E-state index is 0.0155. The SMILES string of the molecule is COc1ccc(C2CCCC(=O)/C2=C/c2ccccc2F)cc1. The molecule has 23 heavy (non-hydrogen) atoms. The zero-order valence-corrected chi connectivity index (χ0v) is 13.1. The molecular formula is C20H19FO2. The lowest BCUT2D eigenvalue weighted by Gasteiger charge is -2.25. The number of Topliss-reactive ketones (excluding diaryl/α,β-unsaturated/α-hetero) is 1. The fourth-order valence-electron chi connectivity index (χ4n) is 3.08. The van der Waals surface area contributed by atoms with E-state index in [1.165, 1.54) is 6.07 Å². The van der Waals surface area contributed by atoms with Crippen LogP contribution in [0.25, 0.3) is 6.08 Å². The van der Waals surface area contributed by atoms with Crippen LogP contribution in [-0.4, -0.2) is 12.9 Å². The van der Waals surface area contributed by atoms with E-state index in [1.54, 1.807) is 31.4 Å². The third-order valence-electron chi connectivity index (χ3n) is 4.33. The molecule has 1 fully saturated rings. The maximum Gasteiger partial charge on any atom is 0.159 e. The Morgan fingerprint density at radius 2 is 1.87 bits per heavy atom. The number of allylic oxidation sites excluding steroid dienone is 1. The Morgan fingerprint density at radius 1 is 1.13 bits per heavy atom. The summed E-state index contributed by atoms with van der Waals surface area (Å²) < 4.78 is 19.1. The van der Waals surface area contributed by atoms with Gasteiger partial charge in [0.1, 0.15) is 11.6 Å². The van der Waals surface area contributed by atoms with Crippen molar-refractivity contribution in [1.29, 1.82) is 0 Å². The minimum atomic E-state index is -0.299. The van der Waals surface area contributed by atoms with Crippen LogP contribution in [0.1, 0.15) is 36.3 Å². The van der Waals surface area contributed by atoms with Crippen molar-refractivity contribution in [2.75, 3.05) is 7.11 Å². The number of benzene rings is 2. The molecule has 2 aromatic carbocycles. The molecule has 1 aliphatic rings. The Morgan fingerprint density at radius 3 is 2.57 bits per heavy atom. The number of hydrogen-bond acceptors (Lipinski definition) is 2. The molecule has 0 spiro atoms. The molecule has 0 saturated heterocycles. The third-order valence-corrected chi connectivity index (χ3v) is 4.33. The first-order chi connectivity index (χ1) is 11.2. The molecule has 1 atom stereocenters. The average Bonchev–Trinajstić information content (AvgIpc) is 2.58. The molecule has 0 amide bonds. The van der Waals surface area contributed by atoms with E-state index in [1.807, 2.05) is 24.3 Å². The van der Waals surface area contributed by atoms with Crippen LogP contribution in [0.4, 0.5) is 4.39 Å². The number of halogens is 1. The first-order valence-electron chi connectivity index (χ1n) is 7.82. The Hall–Kier alpha value is -2.42. The van der Waals surface area contributed by atoms with Gasteiger partial charge in [-0.3, -0.25) is 4.79 Å². The maximum atomic E-state index is 13.9. The molecule has 2 nitrogen and oxygen atoms in total. The summed E-state index contributed by atoms with van der Waals surface area (Å²) in [5, 5.41) is 0. The lowest BCUT2D eigenvalue weighted by atomic mass is 9.78. The van der Waals surface area contributed by atoms with Crippen LogP contribution in [0, 0.1) is 5.82 Å². The van der Waals surface area contributed by atoms with Gasteiger partial charge < -0.3 is 4.74 Å². The first-order valence-corrected chi connectivity index (χ1v) is 7.82. The van der Waals surface area contributed by atoms with Crippen molar-refractivity contribution in [3.63, 3.8) is 0 Å². The van der Waals surface area contributed by atoms with Gasteiger partial charge in [0.05, 0.1) is 7.11 Å². The fraction of sp³-hybridized carbons (Fsp3) is 0.250. The van der Waals surface area contributed by atoms with Gasteiger partial charge in [-0.2, -0.15) is 0 Å². The van der Waals surface area contributed by atoms with E-state index in [4.69, 9.17) is 4.74 Å². The van der Waals surface area contributed by atoms with Gasteiger partial charge in [0.2, 0.25) is 0 Å². The van der Waals surface area contributed by atoms with Crippen molar-refractivity contribution < 1.29 is 13.9 Å². The summed E-state index contributed by atoms with van der Waals surface area (Å²) in [4.78, 5) is 12.4. The Bertz CT molecular complexity index is 732. The molecule has 0 bridgehead atoms. The molecule has 3 heteroatoms. The minimum Gasteiger partial charge on any atom is -0.497 e. The second kappa shape index (κ2) is 6.78. The van der Waals surface area contributed by atoms with Crippen LogP contribution < -0.4 is 4.74 Å². The molecule has 0 aliphatic heterocycles. The normalized spacial score (nSPS) is 19.8. The summed E-state index contributed by atoms with van der Waals surface area (Å²) in [6, 6.07) is 14.3. The topological polar surface area (TPSA) is 26.3 Å². The van der Waals surface area contributed by atoms with E-state index >= 15 is 0 Å². The Balaban J connectivity index is 1.99. The van der Waals surface area contributed by atoms with E-state index in [0.29, 0.717) is 17.6 Å². The molecule has 1 saturated carbocycles. The van der Waals surface area contributed by atoms with Gasteiger partial charge in [0.25, 0.3) is 0 Å². The molecule has 3 rings (SSSR count). The zero-order chi connectivity index (χ0) is 16.2. The Labute approximate surface area is 135 Å².